The second-order valence-corrected chi connectivity index (χ2v) is 14.2. The molecule has 11 nitrogen and oxygen atoms in total. The molecule has 318 valence electrons. The summed E-state index contributed by atoms with van der Waals surface area (Å²) in [4.78, 5) is 76.0. The van der Waals surface area contributed by atoms with E-state index in [1.54, 1.807) is 60.7 Å². The van der Waals surface area contributed by atoms with E-state index in [0.29, 0.717) is 57.4 Å². The van der Waals surface area contributed by atoms with Gasteiger partial charge in [0.15, 0.2) is 5.43 Å². The molecule has 0 spiro atoms. The van der Waals surface area contributed by atoms with Gasteiger partial charge in [-0.3, -0.25) is 14.4 Å². The van der Waals surface area contributed by atoms with E-state index in [1.165, 1.54) is 48.5 Å². The maximum atomic E-state index is 13.6. The summed E-state index contributed by atoms with van der Waals surface area (Å²) in [6, 6.07) is 28.5. The molecule has 6 rings (SSSR count). The van der Waals surface area contributed by atoms with Gasteiger partial charge in [0, 0.05) is 52.6 Å². The van der Waals surface area contributed by atoms with Crippen LogP contribution < -0.4 is 10.2 Å². The first-order chi connectivity index (χ1) is 30.7. The van der Waals surface area contributed by atoms with Crippen LogP contribution in [-0.4, -0.2) is 55.9 Å². The lowest BCUT2D eigenvalue weighted by atomic mass is 9.91. The first-order valence-corrected chi connectivity index (χ1v) is 20.7. The summed E-state index contributed by atoms with van der Waals surface area (Å²) in [7, 11) is 0. The molecule has 0 fully saturated rings. The van der Waals surface area contributed by atoms with Crippen LogP contribution in [-0.2, 0) is 14.2 Å². The van der Waals surface area contributed by atoms with E-state index in [4.69, 9.17) is 23.4 Å². The van der Waals surface area contributed by atoms with Crippen LogP contribution in [0.1, 0.15) is 104 Å². The monoisotopic (exact) mass is 844 g/mol. The number of hydrogen-bond donors (Lipinski definition) is 0. The number of carbonyl (C=O) groups is 5. The molecule has 0 amide bonds. The van der Waals surface area contributed by atoms with Crippen molar-refractivity contribution < 1.29 is 47.3 Å². The van der Waals surface area contributed by atoms with Crippen LogP contribution in [0.5, 0.6) is 5.75 Å². The van der Waals surface area contributed by atoms with Crippen LogP contribution in [0.2, 0.25) is 0 Å². The number of hydrogen-bond acceptors (Lipinski definition) is 11. The van der Waals surface area contributed by atoms with Gasteiger partial charge in [-0.1, -0.05) is 56.7 Å². The summed E-state index contributed by atoms with van der Waals surface area (Å²) in [6.45, 7) is 3.60. The minimum Gasteiger partial charge on any atom is -0.490 e. The molecule has 1 heterocycles. The van der Waals surface area contributed by atoms with Crippen molar-refractivity contribution in [3.63, 3.8) is 0 Å². The Morgan fingerprint density at radius 1 is 0.556 bits per heavy atom. The fraction of sp³-hybridized carbons (Fsp3) is 0.231. The third kappa shape index (κ3) is 12.0. The average molecular weight is 845 g/mol. The minimum atomic E-state index is -0.668. The van der Waals surface area contributed by atoms with Crippen LogP contribution >= 0.6 is 0 Å². The summed E-state index contributed by atoms with van der Waals surface area (Å²) in [6.07, 6.45) is 5.12. The Bertz CT molecular complexity index is 2770. The lowest BCUT2D eigenvalue weighted by Gasteiger charge is -2.18. The highest BCUT2D eigenvalue weighted by atomic mass is 16.6. The van der Waals surface area contributed by atoms with E-state index in [2.05, 4.69) is 30.6 Å². The second-order valence-electron chi connectivity index (χ2n) is 14.2. The summed E-state index contributed by atoms with van der Waals surface area (Å²) in [5.41, 5.74) is 3.25. The zero-order chi connectivity index (χ0) is 44.6. The van der Waals surface area contributed by atoms with Gasteiger partial charge in [0.05, 0.1) is 16.7 Å². The number of fused-ring (bicyclic) bond motifs is 2. The van der Waals surface area contributed by atoms with Crippen LogP contribution in [0, 0.1) is 23.7 Å². The van der Waals surface area contributed by atoms with E-state index in [-0.39, 0.29) is 65.9 Å². The third-order valence-corrected chi connectivity index (χ3v) is 9.70. The van der Waals surface area contributed by atoms with Crippen molar-refractivity contribution in [1.82, 2.24) is 0 Å². The maximum Gasteiger partial charge on any atom is 0.338 e. The zero-order valence-corrected chi connectivity index (χ0v) is 35.0. The van der Waals surface area contributed by atoms with Crippen molar-refractivity contribution in [2.75, 3.05) is 26.4 Å². The number of unbranched alkanes of at least 4 members (excludes halogenated alkanes) is 4. The quantitative estimate of drug-likeness (QED) is 0.0164. The molecule has 1 aliphatic carbocycles. The van der Waals surface area contributed by atoms with E-state index in [9.17, 15) is 28.8 Å². The fourth-order valence-corrected chi connectivity index (χ4v) is 6.39. The first-order valence-electron chi connectivity index (χ1n) is 20.7. The number of ketones is 2. The highest BCUT2D eigenvalue weighted by Crippen LogP contribution is 2.42. The van der Waals surface area contributed by atoms with Gasteiger partial charge >= 0.3 is 17.9 Å². The van der Waals surface area contributed by atoms with Crippen molar-refractivity contribution in [3.05, 3.63) is 147 Å². The Kier molecular flexibility index (Phi) is 15.8. The molecular formula is C52H44O11. The predicted molar refractivity (Wildman–Crippen MR) is 237 cm³/mol. The molecule has 0 radical (unpaired) electrons. The van der Waals surface area contributed by atoms with Crippen LogP contribution in [0.15, 0.2) is 118 Å². The van der Waals surface area contributed by atoms with Gasteiger partial charge in [-0.2, -0.15) is 0 Å². The molecule has 1 aliphatic heterocycles. The molecule has 0 bridgehead atoms. The Hall–Kier alpha value is -7.76. The number of benzene rings is 5. The molecule has 11 heteroatoms. The lowest BCUT2D eigenvalue weighted by Crippen LogP contribution is -2.15. The van der Waals surface area contributed by atoms with Crippen LogP contribution in [0.4, 0.5) is 0 Å². The Labute approximate surface area is 364 Å². The normalized spacial score (nSPS) is 10.5. The Morgan fingerprint density at radius 3 is 1.68 bits per heavy atom. The number of Topliss-reactive ketones (excluding diaryl/α,β-unsaturated/α-hetero) is 2. The van der Waals surface area contributed by atoms with E-state index < -0.39 is 17.9 Å². The maximum absolute atomic E-state index is 13.6. The number of esters is 3. The Morgan fingerprint density at radius 2 is 1.10 bits per heavy atom. The fourth-order valence-electron chi connectivity index (χ4n) is 6.39. The predicted octanol–water partition coefficient (Wildman–Crippen LogP) is 9.57. The van der Waals surface area contributed by atoms with Crippen molar-refractivity contribution in [2.45, 2.75) is 52.4 Å². The van der Waals surface area contributed by atoms with Crippen molar-refractivity contribution in [2.24, 2.45) is 0 Å². The minimum absolute atomic E-state index is 0.0124. The summed E-state index contributed by atoms with van der Waals surface area (Å²) >= 11 is 0. The topological polar surface area (TPSA) is 152 Å². The smallest absolute Gasteiger partial charge is 0.338 e. The van der Waals surface area contributed by atoms with Crippen molar-refractivity contribution >= 4 is 40.4 Å². The summed E-state index contributed by atoms with van der Waals surface area (Å²) < 4.78 is 28.4. The van der Waals surface area contributed by atoms with Crippen LogP contribution in [0.25, 0.3) is 33.4 Å². The van der Waals surface area contributed by atoms with Gasteiger partial charge in [0.1, 0.15) is 43.5 Å². The number of ether oxygens (including phenoxy) is 4. The van der Waals surface area contributed by atoms with Gasteiger partial charge in [0.2, 0.25) is 11.6 Å². The van der Waals surface area contributed by atoms with E-state index in [0.717, 1.165) is 25.7 Å². The van der Waals surface area contributed by atoms with Gasteiger partial charge in [0.25, 0.3) is 0 Å². The second kappa shape index (κ2) is 22.2. The zero-order valence-electron chi connectivity index (χ0n) is 35.0. The first kappa shape index (κ1) is 44.8. The van der Waals surface area contributed by atoms with Crippen LogP contribution in [0.3, 0.4) is 0 Å². The third-order valence-electron chi connectivity index (χ3n) is 9.70. The summed E-state index contributed by atoms with van der Waals surface area (Å²) in [5.74, 6) is 9.10. The van der Waals surface area contributed by atoms with E-state index in [1.807, 2.05) is 6.92 Å². The lowest BCUT2D eigenvalue weighted by molar-refractivity contribution is 0.0266. The van der Waals surface area contributed by atoms with E-state index >= 15 is 0 Å². The average Bonchev–Trinajstić information content (AvgIpc) is 3.30. The van der Waals surface area contributed by atoms with Crippen molar-refractivity contribution in [3.8, 4) is 51.9 Å². The van der Waals surface area contributed by atoms with Gasteiger partial charge < -0.3 is 23.4 Å². The molecule has 4 aromatic carbocycles. The number of rotatable bonds is 17. The van der Waals surface area contributed by atoms with Gasteiger partial charge in [-0.15, -0.1) is 0 Å². The molecule has 0 atom stereocenters. The largest absolute Gasteiger partial charge is 0.490 e. The summed E-state index contributed by atoms with van der Waals surface area (Å²) in [5, 5.41) is 0.610. The Balaban J connectivity index is 1.09. The highest BCUT2D eigenvalue weighted by molar-refractivity contribution is 6.10. The highest BCUT2D eigenvalue weighted by Gasteiger charge is 2.23. The molecule has 0 aromatic heterocycles. The molecule has 0 N–H and O–H groups in total. The van der Waals surface area contributed by atoms with Crippen molar-refractivity contribution in [1.29, 1.82) is 0 Å². The molecule has 63 heavy (non-hydrogen) atoms. The number of carbonyl (C=O) groups excluding carboxylic acids is 5. The molecule has 0 unspecified atom stereocenters. The molecule has 4 aromatic rings. The molecule has 2 aliphatic rings. The standard InChI is InChI=1S/C52H44O11/c1-3-5-7-9-15-45(54)35-17-21-37(22-18-35)50(56)60-30-29-59-40-26-28-44-48(34-40)63-47-33-39(53)25-27-43(47)49(44)41-13-11-12-14-42(41)52(58)62-32-31-61-51(57)38-23-19-36(20-24-38)46(55)16-10-8-6-4-2/h11-14,17-28,33-34H,3-8,29-32H2,1-2H3. The molecule has 0 saturated carbocycles. The van der Waals surface area contributed by atoms with Gasteiger partial charge in [-0.05, 0) is 109 Å². The van der Waals surface area contributed by atoms with Gasteiger partial charge in [-0.25, -0.2) is 14.4 Å². The molecule has 0 saturated heterocycles. The SMILES string of the molecule is CCCCC#CC(=O)c1ccc(C(=O)OCCOC(=O)c2ccccc2-c2c3ccc(=O)cc-3oc3cc(OCCOC(=O)c4ccc(C(=O)C#CCCCC)cc4)ccc23)cc1. The molecular weight excluding hydrogens is 801 g/mol.